The molecule has 0 bridgehead atoms. The summed E-state index contributed by atoms with van der Waals surface area (Å²) in [4.78, 5) is 10.6. The van der Waals surface area contributed by atoms with Crippen molar-refractivity contribution in [1.82, 2.24) is 0 Å². The second-order valence-corrected chi connectivity index (χ2v) is 4.98. The van der Waals surface area contributed by atoms with Crippen LogP contribution in [0.2, 0.25) is 0 Å². The SMILES string of the molecule is COc1ccc(C=CC(=O)O)c(COCC2CCOC2)c1. The van der Waals surface area contributed by atoms with Gasteiger partial charge in [-0.2, -0.15) is 0 Å². The van der Waals surface area contributed by atoms with E-state index in [1.54, 1.807) is 19.3 Å². The monoisotopic (exact) mass is 292 g/mol. The van der Waals surface area contributed by atoms with Gasteiger partial charge in [-0.3, -0.25) is 0 Å². The van der Waals surface area contributed by atoms with Gasteiger partial charge < -0.3 is 19.3 Å². The van der Waals surface area contributed by atoms with Gasteiger partial charge in [-0.05, 0) is 35.8 Å². The first-order valence-electron chi connectivity index (χ1n) is 6.92. The van der Waals surface area contributed by atoms with Crippen molar-refractivity contribution in [3.8, 4) is 5.75 Å². The lowest BCUT2D eigenvalue weighted by Gasteiger charge is -2.12. The standard InChI is InChI=1S/C16H20O5/c1-19-15-4-2-13(3-5-16(17)18)14(8-15)11-21-10-12-6-7-20-9-12/h2-5,8,12H,6-7,9-11H2,1H3,(H,17,18). The normalized spacial score (nSPS) is 18.2. The zero-order chi connectivity index (χ0) is 15.1. The molecule has 2 rings (SSSR count). The molecule has 1 aliphatic rings. The highest BCUT2D eigenvalue weighted by molar-refractivity contribution is 5.85. The maximum Gasteiger partial charge on any atom is 0.328 e. The van der Waals surface area contributed by atoms with Crippen molar-refractivity contribution in [2.45, 2.75) is 13.0 Å². The molecule has 114 valence electrons. The van der Waals surface area contributed by atoms with Gasteiger partial charge in [0.15, 0.2) is 0 Å². The molecule has 5 heteroatoms. The second-order valence-electron chi connectivity index (χ2n) is 4.98. The molecule has 1 aromatic carbocycles. The first-order chi connectivity index (χ1) is 10.2. The third-order valence-electron chi connectivity index (χ3n) is 3.39. The van der Waals surface area contributed by atoms with Crippen LogP contribution >= 0.6 is 0 Å². The highest BCUT2D eigenvalue weighted by Crippen LogP contribution is 2.21. The molecular formula is C16H20O5. The van der Waals surface area contributed by atoms with Crippen LogP contribution in [0.5, 0.6) is 5.75 Å². The van der Waals surface area contributed by atoms with Gasteiger partial charge >= 0.3 is 5.97 Å². The van der Waals surface area contributed by atoms with Crippen LogP contribution in [0.25, 0.3) is 6.08 Å². The van der Waals surface area contributed by atoms with Gasteiger partial charge in [0.2, 0.25) is 0 Å². The molecule has 1 heterocycles. The van der Waals surface area contributed by atoms with Crippen LogP contribution in [-0.2, 0) is 20.9 Å². The predicted molar refractivity (Wildman–Crippen MR) is 78.2 cm³/mol. The lowest BCUT2D eigenvalue weighted by atomic mass is 10.1. The van der Waals surface area contributed by atoms with E-state index in [2.05, 4.69) is 0 Å². The van der Waals surface area contributed by atoms with Gasteiger partial charge in [0.05, 0.1) is 26.9 Å². The molecule has 0 amide bonds. The number of ether oxygens (including phenoxy) is 3. The fourth-order valence-electron chi connectivity index (χ4n) is 2.21. The zero-order valence-corrected chi connectivity index (χ0v) is 12.1. The molecule has 1 fully saturated rings. The number of benzene rings is 1. The average molecular weight is 292 g/mol. The molecular weight excluding hydrogens is 272 g/mol. The third kappa shape index (κ3) is 4.88. The molecule has 1 aliphatic heterocycles. The Morgan fingerprint density at radius 2 is 2.38 bits per heavy atom. The number of hydrogen-bond acceptors (Lipinski definition) is 4. The van der Waals surface area contributed by atoms with E-state index in [0.717, 1.165) is 42.6 Å². The smallest absolute Gasteiger partial charge is 0.328 e. The Kier molecular flexibility index (Phi) is 5.78. The van der Waals surface area contributed by atoms with Crippen LogP contribution in [0.1, 0.15) is 17.5 Å². The fourth-order valence-corrected chi connectivity index (χ4v) is 2.21. The van der Waals surface area contributed by atoms with E-state index in [-0.39, 0.29) is 0 Å². The number of methoxy groups -OCH3 is 1. The maximum atomic E-state index is 10.6. The lowest BCUT2D eigenvalue weighted by molar-refractivity contribution is -0.131. The number of carbonyl (C=O) groups is 1. The molecule has 1 N–H and O–H groups in total. The first kappa shape index (κ1) is 15.5. The number of rotatable bonds is 7. The van der Waals surface area contributed by atoms with Crippen LogP contribution in [0.15, 0.2) is 24.3 Å². The molecule has 0 aromatic heterocycles. The summed E-state index contributed by atoms with van der Waals surface area (Å²) in [6.07, 6.45) is 3.72. The van der Waals surface area contributed by atoms with E-state index in [9.17, 15) is 4.79 Å². The molecule has 1 atom stereocenters. The van der Waals surface area contributed by atoms with E-state index in [0.29, 0.717) is 19.1 Å². The Hall–Kier alpha value is -1.85. The number of carboxylic acids is 1. The zero-order valence-electron chi connectivity index (χ0n) is 12.1. The van der Waals surface area contributed by atoms with Crippen molar-refractivity contribution in [3.63, 3.8) is 0 Å². The van der Waals surface area contributed by atoms with Crippen LogP contribution < -0.4 is 4.74 Å². The molecule has 0 saturated carbocycles. The summed E-state index contributed by atoms with van der Waals surface area (Å²) in [5, 5.41) is 8.73. The second kappa shape index (κ2) is 7.81. The van der Waals surface area contributed by atoms with Gasteiger partial charge in [-0.15, -0.1) is 0 Å². The highest BCUT2D eigenvalue weighted by Gasteiger charge is 2.15. The van der Waals surface area contributed by atoms with Crippen LogP contribution in [0, 0.1) is 5.92 Å². The molecule has 0 radical (unpaired) electrons. The maximum absolute atomic E-state index is 10.6. The molecule has 21 heavy (non-hydrogen) atoms. The summed E-state index contributed by atoms with van der Waals surface area (Å²) in [6.45, 7) is 2.63. The number of aliphatic carboxylic acids is 1. The molecule has 5 nitrogen and oxygen atoms in total. The van der Waals surface area contributed by atoms with Gasteiger partial charge in [0, 0.05) is 18.6 Å². The Morgan fingerprint density at radius 1 is 1.52 bits per heavy atom. The molecule has 1 saturated heterocycles. The van der Waals surface area contributed by atoms with E-state index < -0.39 is 5.97 Å². The Morgan fingerprint density at radius 3 is 3.05 bits per heavy atom. The molecule has 1 unspecified atom stereocenters. The highest BCUT2D eigenvalue weighted by atomic mass is 16.5. The van der Waals surface area contributed by atoms with Crippen LogP contribution in [-0.4, -0.2) is 38.0 Å². The van der Waals surface area contributed by atoms with Gasteiger partial charge in [0.1, 0.15) is 5.75 Å². The minimum absolute atomic E-state index is 0.424. The summed E-state index contributed by atoms with van der Waals surface area (Å²) in [5.41, 5.74) is 1.73. The van der Waals surface area contributed by atoms with Gasteiger partial charge in [0.25, 0.3) is 0 Å². The van der Waals surface area contributed by atoms with Crippen molar-refractivity contribution < 1.29 is 24.1 Å². The van der Waals surface area contributed by atoms with E-state index >= 15 is 0 Å². The van der Waals surface area contributed by atoms with E-state index in [1.807, 2.05) is 12.1 Å². The minimum Gasteiger partial charge on any atom is -0.497 e. The topological polar surface area (TPSA) is 65.0 Å². The predicted octanol–water partition coefficient (Wildman–Crippen LogP) is 2.35. The van der Waals surface area contributed by atoms with Crippen LogP contribution in [0.4, 0.5) is 0 Å². The Bertz CT molecular complexity index is 503. The van der Waals surface area contributed by atoms with E-state index in [1.165, 1.54) is 0 Å². The Balaban J connectivity index is 2.01. The fraction of sp³-hybridized carbons (Fsp3) is 0.438. The molecule has 0 aliphatic carbocycles. The van der Waals surface area contributed by atoms with Crippen molar-refractivity contribution in [2.24, 2.45) is 5.92 Å². The molecule has 0 spiro atoms. The van der Waals surface area contributed by atoms with Crippen LogP contribution in [0.3, 0.4) is 0 Å². The quantitative estimate of drug-likeness (QED) is 0.781. The summed E-state index contributed by atoms with van der Waals surface area (Å²) >= 11 is 0. The average Bonchev–Trinajstić information content (AvgIpc) is 2.99. The first-order valence-corrected chi connectivity index (χ1v) is 6.92. The van der Waals surface area contributed by atoms with Crippen molar-refractivity contribution in [3.05, 3.63) is 35.4 Å². The summed E-state index contributed by atoms with van der Waals surface area (Å²) in [7, 11) is 1.60. The van der Waals surface area contributed by atoms with E-state index in [4.69, 9.17) is 19.3 Å². The third-order valence-corrected chi connectivity index (χ3v) is 3.39. The van der Waals surface area contributed by atoms with Gasteiger partial charge in [-0.25, -0.2) is 4.79 Å². The lowest BCUT2D eigenvalue weighted by Crippen LogP contribution is -2.09. The summed E-state index contributed by atoms with van der Waals surface area (Å²) in [5.74, 6) is 0.208. The number of hydrogen-bond donors (Lipinski definition) is 1. The summed E-state index contributed by atoms with van der Waals surface area (Å²) in [6, 6.07) is 5.50. The minimum atomic E-state index is -0.971. The van der Waals surface area contributed by atoms with Crippen molar-refractivity contribution in [1.29, 1.82) is 0 Å². The largest absolute Gasteiger partial charge is 0.497 e. The number of carboxylic acid groups (broad SMARTS) is 1. The molecule has 1 aromatic rings. The van der Waals surface area contributed by atoms with Gasteiger partial charge in [-0.1, -0.05) is 6.07 Å². The summed E-state index contributed by atoms with van der Waals surface area (Å²) < 4.78 is 16.2. The van der Waals surface area contributed by atoms with Crippen molar-refractivity contribution in [2.75, 3.05) is 26.9 Å². The Labute approximate surface area is 124 Å². The van der Waals surface area contributed by atoms with Crippen molar-refractivity contribution >= 4 is 12.0 Å².